The zero-order chi connectivity index (χ0) is 12.0. The molecule has 0 aromatic carbocycles. The maximum absolute atomic E-state index is 11.7. The second-order valence-corrected chi connectivity index (χ2v) is 4.37. The average Bonchev–Trinajstić information content (AvgIpc) is 2.27. The third-order valence-electron chi connectivity index (χ3n) is 2.05. The van der Waals surface area contributed by atoms with Gasteiger partial charge in [0.25, 0.3) is 0 Å². The molecule has 0 aliphatic heterocycles. The molecule has 1 rings (SSSR count). The normalized spacial score (nSPS) is 10.1. The number of aryl methyl sites for hydroxylation is 1. The summed E-state index contributed by atoms with van der Waals surface area (Å²) in [4.78, 5) is 15.7. The zero-order valence-electron chi connectivity index (χ0n) is 9.53. The Morgan fingerprint density at radius 1 is 1.62 bits per heavy atom. The fourth-order valence-electron chi connectivity index (χ4n) is 1.20. The Morgan fingerprint density at radius 3 is 3.06 bits per heavy atom. The van der Waals surface area contributed by atoms with Crippen LogP contribution >= 0.6 is 11.8 Å². The van der Waals surface area contributed by atoms with E-state index in [1.54, 1.807) is 24.8 Å². The van der Waals surface area contributed by atoms with Crippen molar-refractivity contribution in [1.29, 1.82) is 0 Å². The number of ether oxygens (including phenoxy) is 1. The van der Waals surface area contributed by atoms with Crippen molar-refractivity contribution in [3.8, 4) is 0 Å². The van der Waals surface area contributed by atoms with E-state index < -0.39 is 0 Å². The summed E-state index contributed by atoms with van der Waals surface area (Å²) in [7, 11) is 0. The standard InChI is InChI=1S/C11H16N2O2S/c1-8-10(6-9(12)7-13-8)11(14)15-4-3-5-16-2/h6-7H,3-5,12H2,1-2H3. The minimum absolute atomic E-state index is 0.349. The number of rotatable bonds is 5. The summed E-state index contributed by atoms with van der Waals surface area (Å²) in [6, 6.07) is 1.60. The molecule has 2 N–H and O–H groups in total. The summed E-state index contributed by atoms with van der Waals surface area (Å²) >= 11 is 1.73. The largest absolute Gasteiger partial charge is 0.462 e. The van der Waals surface area contributed by atoms with Gasteiger partial charge < -0.3 is 10.5 Å². The fourth-order valence-corrected chi connectivity index (χ4v) is 1.61. The van der Waals surface area contributed by atoms with Gasteiger partial charge in [-0.25, -0.2) is 4.79 Å². The van der Waals surface area contributed by atoms with Gasteiger partial charge in [0, 0.05) is 0 Å². The molecule has 0 saturated carbocycles. The van der Waals surface area contributed by atoms with Gasteiger partial charge in [0.2, 0.25) is 0 Å². The first-order valence-corrected chi connectivity index (χ1v) is 6.42. The van der Waals surface area contributed by atoms with Crippen molar-refractivity contribution >= 4 is 23.4 Å². The molecule has 0 bridgehead atoms. The molecule has 0 amide bonds. The number of carbonyl (C=O) groups is 1. The van der Waals surface area contributed by atoms with E-state index in [2.05, 4.69) is 4.98 Å². The van der Waals surface area contributed by atoms with E-state index in [1.165, 1.54) is 6.20 Å². The summed E-state index contributed by atoms with van der Waals surface area (Å²) in [5.41, 5.74) is 7.13. The zero-order valence-corrected chi connectivity index (χ0v) is 10.3. The van der Waals surface area contributed by atoms with E-state index in [-0.39, 0.29) is 5.97 Å². The number of aromatic nitrogens is 1. The third kappa shape index (κ3) is 3.73. The lowest BCUT2D eigenvalue weighted by Crippen LogP contribution is -2.10. The molecule has 0 aliphatic carbocycles. The van der Waals surface area contributed by atoms with Crippen molar-refractivity contribution in [2.24, 2.45) is 0 Å². The van der Waals surface area contributed by atoms with Crippen LogP contribution in [0.2, 0.25) is 0 Å². The lowest BCUT2D eigenvalue weighted by molar-refractivity contribution is 0.0505. The predicted molar refractivity (Wildman–Crippen MR) is 66.7 cm³/mol. The smallest absolute Gasteiger partial charge is 0.340 e. The van der Waals surface area contributed by atoms with Crippen LogP contribution in [-0.4, -0.2) is 29.6 Å². The van der Waals surface area contributed by atoms with Gasteiger partial charge in [0.1, 0.15) is 0 Å². The molecule has 4 nitrogen and oxygen atoms in total. The van der Waals surface area contributed by atoms with Gasteiger partial charge in [0.05, 0.1) is 29.7 Å². The molecule has 0 unspecified atom stereocenters. The van der Waals surface area contributed by atoms with Gasteiger partial charge >= 0.3 is 5.97 Å². The van der Waals surface area contributed by atoms with Crippen LogP contribution in [0.25, 0.3) is 0 Å². The van der Waals surface area contributed by atoms with Crippen molar-refractivity contribution in [1.82, 2.24) is 4.98 Å². The highest BCUT2D eigenvalue weighted by atomic mass is 32.2. The number of carbonyl (C=O) groups excluding carboxylic acids is 1. The summed E-state index contributed by atoms with van der Waals surface area (Å²) in [5, 5.41) is 0. The molecule has 0 aliphatic rings. The second-order valence-electron chi connectivity index (χ2n) is 3.38. The highest BCUT2D eigenvalue weighted by molar-refractivity contribution is 7.98. The lowest BCUT2D eigenvalue weighted by Gasteiger charge is -2.06. The monoisotopic (exact) mass is 240 g/mol. The Labute approximate surface area is 99.6 Å². The molecular formula is C11H16N2O2S. The Balaban J connectivity index is 2.55. The van der Waals surface area contributed by atoms with Crippen molar-refractivity contribution in [3.05, 3.63) is 23.5 Å². The van der Waals surface area contributed by atoms with Crippen molar-refractivity contribution in [2.45, 2.75) is 13.3 Å². The van der Waals surface area contributed by atoms with Crippen LogP contribution in [-0.2, 0) is 4.74 Å². The number of thioether (sulfide) groups is 1. The summed E-state index contributed by atoms with van der Waals surface area (Å²) < 4.78 is 5.12. The molecule has 88 valence electrons. The molecule has 5 heteroatoms. The SMILES string of the molecule is CSCCCOC(=O)c1cc(N)cnc1C. The molecule has 0 atom stereocenters. The summed E-state index contributed by atoms with van der Waals surface area (Å²) in [6.07, 6.45) is 4.41. The minimum Gasteiger partial charge on any atom is -0.462 e. The molecule has 0 fully saturated rings. The molecule has 1 aromatic heterocycles. The Morgan fingerprint density at radius 2 is 2.38 bits per heavy atom. The number of hydrogen-bond acceptors (Lipinski definition) is 5. The number of pyridine rings is 1. The Kier molecular flexibility index (Phi) is 5.11. The van der Waals surface area contributed by atoms with Crippen LogP contribution in [0.1, 0.15) is 22.5 Å². The van der Waals surface area contributed by atoms with Crippen LogP contribution in [0.4, 0.5) is 5.69 Å². The first kappa shape index (κ1) is 12.8. The highest BCUT2D eigenvalue weighted by Crippen LogP contribution is 2.11. The van der Waals surface area contributed by atoms with Crippen molar-refractivity contribution in [3.63, 3.8) is 0 Å². The lowest BCUT2D eigenvalue weighted by atomic mass is 10.2. The van der Waals surface area contributed by atoms with E-state index in [1.807, 2.05) is 6.26 Å². The molecule has 1 heterocycles. The van der Waals surface area contributed by atoms with E-state index in [4.69, 9.17) is 10.5 Å². The molecule has 0 radical (unpaired) electrons. The number of esters is 1. The highest BCUT2D eigenvalue weighted by Gasteiger charge is 2.11. The molecule has 0 saturated heterocycles. The Bertz CT molecular complexity index is 369. The van der Waals surface area contributed by atoms with Gasteiger partial charge in [-0.05, 0) is 31.4 Å². The summed E-state index contributed by atoms with van der Waals surface area (Å²) in [5.74, 6) is 0.639. The molecule has 16 heavy (non-hydrogen) atoms. The van der Waals surface area contributed by atoms with Gasteiger partial charge in [-0.3, -0.25) is 4.98 Å². The Hall–Kier alpha value is -1.23. The van der Waals surface area contributed by atoms with Gasteiger partial charge in [0.15, 0.2) is 0 Å². The number of nitrogens with zero attached hydrogens (tertiary/aromatic N) is 1. The van der Waals surface area contributed by atoms with Crippen molar-refractivity contribution in [2.75, 3.05) is 24.3 Å². The van der Waals surface area contributed by atoms with E-state index in [0.29, 0.717) is 23.6 Å². The quantitative estimate of drug-likeness (QED) is 0.629. The number of nitrogens with two attached hydrogens (primary N) is 1. The molecular weight excluding hydrogens is 224 g/mol. The second kappa shape index (κ2) is 6.37. The maximum atomic E-state index is 11.7. The van der Waals surface area contributed by atoms with E-state index in [9.17, 15) is 4.79 Å². The average molecular weight is 240 g/mol. The minimum atomic E-state index is -0.349. The molecule has 0 spiro atoms. The first-order valence-electron chi connectivity index (χ1n) is 5.03. The van der Waals surface area contributed by atoms with Gasteiger partial charge in [-0.1, -0.05) is 0 Å². The fraction of sp³-hybridized carbons (Fsp3) is 0.455. The van der Waals surface area contributed by atoms with Crippen LogP contribution in [0, 0.1) is 6.92 Å². The first-order chi connectivity index (χ1) is 7.65. The summed E-state index contributed by atoms with van der Waals surface area (Å²) in [6.45, 7) is 2.20. The number of hydrogen-bond donors (Lipinski definition) is 1. The van der Waals surface area contributed by atoms with Crippen LogP contribution in [0.5, 0.6) is 0 Å². The topological polar surface area (TPSA) is 65.2 Å². The number of nitrogen functional groups attached to an aromatic ring is 1. The van der Waals surface area contributed by atoms with Crippen LogP contribution in [0.3, 0.4) is 0 Å². The van der Waals surface area contributed by atoms with Crippen molar-refractivity contribution < 1.29 is 9.53 Å². The van der Waals surface area contributed by atoms with E-state index in [0.717, 1.165) is 12.2 Å². The van der Waals surface area contributed by atoms with E-state index >= 15 is 0 Å². The predicted octanol–water partition coefficient (Wildman–Crippen LogP) is 1.88. The van der Waals surface area contributed by atoms with Gasteiger partial charge in [-0.15, -0.1) is 0 Å². The van der Waals surface area contributed by atoms with Crippen LogP contribution < -0.4 is 5.73 Å². The number of anilines is 1. The maximum Gasteiger partial charge on any atom is 0.340 e. The van der Waals surface area contributed by atoms with Crippen LogP contribution in [0.15, 0.2) is 12.3 Å². The van der Waals surface area contributed by atoms with Gasteiger partial charge in [-0.2, -0.15) is 11.8 Å². The molecule has 1 aromatic rings. The third-order valence-corrected chi connectivity index (χ3v) is 2.75.